The molecule has 7 heteroatoms. The Hall–Kier alpha value is -0.990. The first-order valence-corrected chi connectivity index (χ1v) is 11.6. The molecule has 0 spiro atoms. The van der Waals surface area contributed by atoms with Crippen LogP contribution < -0.4 is 0 Å². The van der Waals surface area contributed by atoms with Gasteiger partial charge in [-0.15, -0.1) is 6.54 Å². The minimum Gasteiger partial charge on any atom is -0.676 e. The molecule has 3 fully saturated rings. The van der Waals surface area contributed by atoms with E-state index in [0.717, 1.165) is 58.8 Å². The number of nitrogens with one attached hydrogen (secondary N) is 1. The molecule has 1 saturated carbocycles. The van der Waals surface area contributed by atoms with Crippen molar-refractivity contribution in [3.8, 4) is 0 Å². The Labute approximate surface area is 175 Å². The van der Waals surface area contributed by atoms with Crippen molar-refractivity contribution in [2.24, 2.45) is 0 Å². The van der Waals surface area contributed by atoms with Gasteiger partial charge in [-0.1, -0.05) is 0 Å². The smallest absolute Gasteiger partial charge is 0.150 e. The summed E-state index contributed by atoms with van der Waals surface area (Å²) in [4.78, 5) is 4.88. The topological polar surface area (TPSA) is 66.6 Å². The number of hydrogen-bond donors (Lipinski definition) is 0. The minimum absolute atomic E-state index is 0.0995. The standard InChI is InChI=1S/C22H38N5O2/c1-25(10-9-23)16-19-17-27(21-4-2-3-13-29-21)24-22(19)18-5-7-20(8-6-18)26-11-14-28-15-12-26/h17-18,20-21,23H,2-16H2,1H3/q-1. The van der Waals surface area contributed by atoms with Crippen LogP contribution in [0.2, 0.25) is 0 Å². The first-order valence-electron chi connectivity index (χ1n) is 11.6. The Kier molecular flexibility index (Phi) is 7.59. The van der Waals surface area contributed by atoms with Gasteiger partial charge >= 0.3 is 0 Å². The Morgan fingerprint density at radius 3 is 2.59 bits per heavy atom. The van der Waals surface area contributed by atoms with Crippen LogP contribution in [0, 0.1) is 0 Å². The van der Waals surface area contributed by atoms with E-state index in [0.29, 0.717) is 18.5 Å². The second kappa shape index (κ2) is 10.4. The number of rotatable bonds is 7. The van der Waals surface area contributed by atoms with Crippen LogP contribution in [0.25, 0.3) is 5.73 Å². The summed E-state index contributed by atoms with van der Waals surface area (Å²) < 4.78 is 13.6. The second-order valence-electron chi connectivity index (χ2n) is 8.98. The first-order chi connectivity index (χ1) is 14.2. The van der Waals surface area contributed by atoms with Crippen molar-refractivity contribution in [3.05, 3.63) is 23.2 Å². The fourth-order valence-corrected chi connectivity index (χ4v) is 5.21. The van der Waals surface area contributed by atoms with Crippen LogP contribution in [0.1, 0.15) is 68.3 Å². The zero-order chi connectivity index (χ0) is 20.1. The molecule has 0 radical (unpaired) electrons. The third-order valence-corrected chi connectivity index (χ3v) is 6.87. The van der Waals surface area contributed by atoms with E-state index >= 15 is 0 Å². The van der Waals surface area contributed by atoms with Crippen molar-refractivity contribution < 1.29 is 9.47 Å². The van der Waals surface area contributed by atoms with Crippen LogP contribution in [-0.2, 0) is 16.0 Å². The molecule has 0 aromatic carbocycles. The maximum atomic E-state index is 7.54. The third-order valence-electron chi connectivity index (χ3n) is 6.87. The highest BCUT2D eigenvalue weighted by Crippen LogP contribution is 2.37. The third kappa shape index (κ3) is 5.39. The van der Waals surface area contributed by atoms with Crippen molar-refractivity contribution in [1.82, 2.24) is 19.6 Å². The molecule has 1 aromatic heterocycles. The highest BCUT2D eigenvalue weighted by atomic mass is 16.5. The fourth-order valence-electron chi connectivity index (χ4n) is 5.21. The number of likely N-dealkylation sites (N-methyl/N-ethyl adjacent to an activating group) is 1. The van der Waals surface area contributed by atoms with E-state index in [1.165, 1.54) is 43.4 Å². The summed E-state index contributed by atoms with van der Waals surface area (Å²) >= 11 is 0. The molecule has 3 aliphatic rings. The van der Waals surface area contributed by atoms with Crippen LogP contribution in [0.4, 0.5) is 0 Å². The summed E-state index contributed by atoms with van der Waals surface area (Å²) in [7, 11) is 2.11. The number of morpholine rings is 1. The molecular formula is C22H38N5O2-. The van der Waals surface area contributed by atoms with Gasteiger partial charge < -0.3 is 20.1 Å². The zero-order valence-electron chi connectivity index (χ0n) is 18.0. The summed E-state index contributed by atoms with van der Waals surface area (Å²) in [6, 6.07) is 0.716. The fraction of sp³-hybridized carbons (Fsp3) is 0.864. The van der Waals surface area contributed by atoms with Gasteiger partial charge in [0.2, 0.25) is 0 Å². The van der Waals surface area contributed by atoms with Gasteiger partial charge in [0.15, 0.2) is 0 Å². The monoisotopic (exact) mass is 404 g/mol. The average molecular weight is 405 g/mol. The molecule has 0 bridgehead atoms. The van der Waals surface area contributed by atoms with Gasteiger partial charge in [-0.05, 0) is 58.5 Å². The van der Waals surface area contributed by atoms with Gasteiger partial charge in [-0.3, -0.25) is 4.90 Å². The molecular weight excluding hydrogens is 366 g/mol. The molecule has 7 nitrogen and oxygen atoms in total. The maximum Gasteiger partial charge on any atom is 0.150 e. The highest BCUT2D eigenvalue weighted by molar-refractivity contribution is 5.22. The summed E-state index contributed by atoms with van der Waals surface area (Å²) in [6.45, 7) is 6.92. The lowest BCUT2D eigenvalue weighted by Gasteiger charge is -2.38. The van der Waals surface area contributed by atoms with Crippen LogP contribution in [0.15, 0.2) is 6.20 Å². The van der Waals surface area contributed by atoms with Crippen molar-refractivity contribution in [3.63, 3.8) is 0 Å². The Balaban J connectivity index is 1.45. The quantitative estimate of drug-likeness (QED) is 0.697. The predicted octanol–water partition coefficient (Wildman–Crippen LogP) is 3.42. The summed E-state index contributed by atoms with van der Waals surface area (Å²) in [5.41, 5.74) is 10.2. The molecule has 4 rings (SSSR count). The molecule has 3 heterocycles. The summed E-state index contributed by atoms with van der Waals surface area (Å²) in [5.74, 6) is 0.552. The van der Waals surface area contributed by atoms with Crippen LogP contribution >= 0.6 is 0 Å². The molecule has 164 valence electrons. The summed E-state index contributed by atoms with van der Waals surface area (Å²) in [5, 5.41) is 5.09. The molecule has 2 aliphatic heterocycles. The predicted molar refractivity (Wildman–Crippen MR) is 114 cm³/mol. The Morgan fingerprint density at radius 2 is 1.90 bits per heavy atom. The Morgan fingerprint density at radius 1 is 1.10 bits per heavy atom. The van der Waals surface area contributed by atoms with E-state index in [1.54, 1.807) is 0 Å². The highest BCUT2D eigenvalue weighted by Gasteiger charge is 2.31. The zero-order valence-corrected chi connectivity index (χ0v) is 18.0. The largest absolute Gasteiger partial charge is 0.676 e. The normalized spacial score (nSPS) is 29.4. The maximum absolute atomic E-state index is 7.54. The Bertz CT molecular complexity index is 617. The van der Waals surface area contributed by atoms with E-state index < -0.39 is 0 Å². The van der Waals surface area contributed by atoms with E-state index in [2.05, 4.69) is 27.7 Å². The SMILES string of the molecule is CN(CC[NH-])Cc1cn(C2CCCCO2)nc1C1CCC(N2CCOCC2)CC1. The van der Waals surface area contributed by atoms with Gasteiger partial charge in [0, 0.05) is 50.0 Å². The first kappa shape index (κ1) is 21.2. The van der Waals surface area contributed by atoms with Gasteiger partial charge in [-0.2, -0.15) is 5.10 Å². The lowest BCUT2D eigenvalue weighted by molar-refractivity contribution is -0.0398. The molecule has 1 aromatic rings. The summed E-state index contributed by atoms with van der Waals surface area (Å²) in [6.07, 6.45) is 10.8. The number of hydrogen-bond acceptors (Lipinski definition) is 5. The second-order valence-corrected chi connectivity index (χ2v) is 8.98. The van der Waals surface area contributed by atoms with Gasteiger partial charge in [-0.25, -0.2) is 4.68 Å². The minimum atomic E-state index is 0.0995. The van der Waals surface area contributed by atoms with E-state index in [1.807, 2.05) is 0 Å². The number of ether oxygens (including phenoxy) is 2. The molecule has 1 aliphatic carbocycles. The van der Waals surface area contributed by atoms with E-state index in [-0.39, 0.29) is 6.23 Å². The van der Waals surface area contributed by atoms with E-state index in [4.69, 9.17) is 20.3 Å². The average Bonchev–Trinajstić information content (AvgIpc) is 3.19. The number of nitrogens with zero attached hydrogens (tertiary/aromatic N) is 4. The van der Waals surface area contributed by atoms with E-state index in [9.17, 15) is 0 Å². The molecule has 0 amide bonds. The lowest BCUT2D eigenvalue weighted by atomic mass is 9.82. The molecule has 1 atom stereocenters. The van der Waals surface area contributed by atoms with Gasteiger partial charge in [0.05, 0.1) is 18.9 Å². The van der Waals surface area contributed by atoms with Gasteiger partial charge in [0.1, 0.15) is 6.23 Å². The molecule has 2 saturated heterocycles. The molecule has 29 heavy (non-hydrogen) atoms. The van der Waals surface area contributed by atoms with Crippen molar-refractivity contribution >= 4 is 0 Å². The van der Waals surface area contributed by atoms with Crippen LogP contribution in [-0.4, -0.2) is 78.7 Å². The number of aromatic nitrogens is 2. The van der Waals surface area contributed by atoms with Crippen LogP contribution in [0.3, 0.4) is 0 Å². The molecule has 1 N–H and O–H groups in total. The van der Waals surface area contributed by atoms with Crippen molar-refractivity contribution in [2.45, 2.75) is 69.7 Å². The van der Waals surface area contributed by atoms with Crippen molar-refractivity contribution in [1.29, 1.82) is 0 Å². The molecule has 1 unspecified atom stereocenters. The van der Waals surface area contributed by atoms with Crippen molar-refractivity contribution in [2.75, 3.05) is 53.0 Å². The lowest BCUT2D eigenvalue weighted by Crippen LogP contribution is -2.44. The van der Waals surface area contributed by atoms with Gasteiger partial charge in [0.25, 0.3) is 0 Å². The van der Waals surface area contributed by atoms with Crippen LogP contribution in [0.5, 0.6) is 0 Å².